The Hall–Kier alpha value is -3.84. The van der Waals surface area contributed by atoms with E-state index in [2.05, 4.69) is 25.1 Å². The Morgan fingerprint density at radius 1 is 1.18 bits per heavy atom. The first-order chi connectivity index (χ1) is 16.1. The molecule has 4 rings (SSSR count). The van der Waals surface area contributed by atoms with Gasteiger partial charge in [0.05, 0.1) is 0 Å². The molecule has 3 N–H and O–H groups in total. The van der Waals surface area contributed by atoms with Gasteiger partial charge < -0.3 is 10.6 Å². The van der Waals surface area contributed by atoms with E-state index in [1.54, 1.807) is 18.6 Å². The number of rotatable bonds is 7. The lowest BCUT2D eigenvalue weighted by Crippen LogP contribution is -2.50. The second kappa shape index (κ2) is 8.50. The van der Waals surface area contributed by atoms with Crippen LogP contribution in [0.1, 0.15) is 13.8 Å². The quantitative estimate of drug-likeness (QED) is 0.389. The predicted molar refractivity (Wildman–Crippen MR) is 117 cm³/mol. The highest BCUT2D eigenvalue weighted by molar-refractivity contribution is 6.00. The summed E-state index contributed by atoms with van der Waals surface area (Å²) in [6.45, 7) is 4.41. The Balaban J connectivity index is 1.82. The molecule has 0 fully saturated rings. The first kappa shape index (κ1) is 23.3. The number of aliphatic imine (C=N–C) groups is 1. The zero-order valence-electron chi connectivity index (χ0n) is 18.2. The van der Waals surface area contributed by atoms with Crippen molar-refractivity contribution < 1.29 is 27.4 Å². The molecule has 0 saturated heterocycles. The Morgan fingerprint density at radius 2 is 1.91 bits per heavy atom. The van der Waals surface area contributed by atoms with Crippen LogP contribution in [0, 0.1) is 5.41 Å². The topological polar surface area (TPSA) is 129 Å². The molecule has 178 valence electrons. The summed E-state index contributed by atoms with van der Waals surface area (Å²) in [4.78, 5) is 24.4. The van der Waals surface area contributed by atoms with Gasteiger partial charge in [-0.1, -0.05) is 44.2 Å². The van der Waals surface area contributed by atoms with Crippen molar-refractivity contribution in [2.75, 3.05) is 18.6 Å². The van der Waals surface area contributed by atoms with Gasteiger partial charge in [-0.05, 0) is 5.16 Å². The van der Waals surface area contributed by atoms with Crippen molar-refractivity contribution in [1.82, 2.24) is 19.8 Å². The summed E-state index contributed by atoms with van der Waals surface area (Å²) in [6.07, 6.45) is -2.04. The average molecular weight is 476 g/mol. The van der Waals surface area contributed by atoms with Crippen LogP contribution >= 0.6 is 0 Å². The fraction of sp³-hybridized carbons (Fsp3) is 0.286. The molecule has 1 aliphatic rings. The fourth-order valence-corrected chi connectivity index (χ4v) is 3.69. The van der Waals surface area contributed by atoms with Crippen LogP contribution in [-0.2, 0) is 9.63 Å². The van der Waals surface area contributed by atoms with E-state index in [1.165, 1.54) is 0 Å². The van der Waals surface area contributed by atoms with Gasteiger partial charge in [0.1, 0.15) is 12.2 Å². The van der Waals surface area contributed by atoms with Gasteiger partial charge in [-0.15, -0.1) is 0 Å². The predicted octanol–water partition coefficient (Wildman–Crippen LogP) is 3.86. The number of benzene rings is 1. The van der Waals surface area contributed by atoms with Crippen LogP contribution in [0.4, 0.5) is 36.2 Å². The standard InChI is InChI=1S/C21H21F3N7O3/c1-20(2,10-25)11-31(18-17(29-34-30-18)28-33-19(32)21(22,23)24)12-27-16-14(31)8-9-26-15(16)13-6-4-3-5-7-13/h3-9,12H,10-11,25H2,1-2H3,(H,28,29)/q+1. The summed E-state index contributed by atoms with van der Waals surface area (Å²) < 4.78 is 42.4. The minimum atomic E-state index is -5.20. The minimum Gasteiger partial charge on any atom is -0.333 e. The maximum absolute atomic E-state index is 12.6. The number of pyridine rings is 1. The average Bonchev–Trinajstić information content (AvgIpc) is 3.43. The van der Waals surface area contributed by atoms with Crippen molar-refractivity contribution in [3.05, 3.63) is 42.6 Å². The molecule has 0 bridgehead atoms. The number of carbonyl (C=O) groups excluding carboxylic acids is 1. The number of carbonyl (C=O) groups is 1. The second-order valence-corrected chi connectivity index (χ2v) is 8.46. The number of quaternary nitrogens is 1. The summed E-state index contributed by atoms with van der Waals surface area (Å²) in [5, 5.41) is 7.53. The molecule has 0 spiro atoms. The van der Waals surface area contributed by atoms with E-state index >= 15 is 0 Å². The fourth-order valence-electron chi connectivity index (χ4n) is 3.69. The van der Waals surface area contributed by atoms with Crippen LogP contribution in [0.5, 0.6) is 0 Å². The second-order valence-electron chi connectivity index (χ2n) is 8.46. The molecule has 1 unspecified atom stereocenters. The molecule has 0 saturated carbocycles. The van der Waals surface area contributed by atoms with Crippen LogP contribution in [0.2, 0.25) is 0 Å². The van der Waals surface area contributed by atoms with Crippen LogP contribution in [-0.4, -0.2) is 46.9 Å². The maximum atomic E-state index is 12.6. The van der Waals surface area contributed by atoms with E-state index in [1.807, 2.05) is 49.7 Å². The molecule has 1 aromatic carbocycles. The van der Waals surface area contributed by atoms with Crippen LogP contribution in [0.15, 0.2) is 52.2 Å². The Kier molecular flexibility index (Phi) is 5.83. The van der Waals surface area contributed by atoms with E-state index in [0.717, 1.165) is 5.56 Å². The molecule has 34 heavy (non-hydrogen) atoms. The smallest absolute Gasteiger partial charge is 0.333 e. The van der Waals surface area contributed by atoms with Gasteiger partial charge >= 0.3 is 18.0 Å². The number of hydrogen-bond donors (Lipinski definition) is 2. The lowest BCUT2D eigenvalue weighted by atomic mass is 9.91. The summed E-state index contributed by atoms with van der Waals surface area (Å²) >= 11 is 0. The zero-order valence-corrected chi connectivity index (χ0v) is 18.2. The van der Waals surface area contributed by atoms with Crippen molar-refractivity contribution >= 4 is 35.3 Å². The van der Waals surface area contributed by atoms with Crippen molar-refractivity contribution in [3.8, 4) is 11.3 Å². The largest absolute Gasteiger partial charge is 0.493 e. The molecule has 2 aromatic heterocycles. The molecule has 3 aromatic rings. The molecular weight excluding hydrogens is 455 g/mol. The summed E-state index contributed by atoms with van der Waals surface area (Å²) in [5.74, 6) is -2.73. The number of alkyl halides is 3. The highest BCUT2D eigenvalue weighted by Crippen LogP contribution is 2.50. The van der Waals surface area contributed by atoms with E-state index in [9.17, 15) is 18.0 Å². The molecule has 0 aliphatic carbocycles. The van der Waals surface area contributed by atoms with E-state index in [4.69, 9.17) is 10.4 Å². The monoisotopic (exact) mass is 476 g/mol. The van der Waals surface area contributed by atoms with E-state index in [0.29, 0.717) is 17.1 Å². The number of nitrogens with zero attached hydrogens (tertiary/aromatic N) is 5. The zero-order chi connectivity index (χ0) is 24.6. The molecule has 1 aliphatic heterocycles. The molecule has 13 heteroatoms. The number of hydrogen-bond acceptors (Lipinski definition) is 9. The number of anilines is 1. The third-order valence-electron chi connectivity index (χ3n) is 5.32. The van der Waals surface area contributed by atoms with Crippen molar-refractivity contribution in [2.24, 2.45) is 16.1 Å². The van der Waals surface area contributed by atoms with E-state index < -0.39 is 17.6 Å². The van der Waals surface area contributed by atoms with Gasteiger partial charge in [0.25, 0.3) is 5.82 Å². The van der Waals surface area contributed by atoms with Crippen molar-refractivity contribution in [1.29, 1.82) is 0 Å². The van der Waals surface area contributed by atoms with Gasteiger partial charge in [0, 0.05) is 34.9 Å². The molecule has 0 radical (unpaired) electrons. The van der Waals surface area contributed by atoms with Crippen LogP contribution < -0.4 is 15.7 Å². The van der Waals surface area contributed by atoms with Gasteiger partial charge in [0.2, 0.25) is 6.34 Å². The summed E-state index contributed by atoms with van der Waals surface area (Å²) in [5.41, 5.74) is 10.0. The molecular formula is C21H21F3N7O3+. The number of nitrogens with two attached hydrogens (primary N) is 1. The van der Waals surface area contributed by atoms with Crippen LogP contribution in [0.25, 0.3) is 11.3 Å². The normalized spacial score (nSPS) is 17.5. The molecule has 1 atom stereocenters. The van der Waals surface area contributed by atoms with Crippen LogP contribution in [0.3, 0.4) is 0 Å². The molecule has 10 nitrogen and oxygen atoms in total. The first-order valence-electron chi connectivity index (χ1n) is 10.1. The number of nitrogens with one attached hydrogen (secondary N) is 1. The third kappa shape index (κ3) is 4.22. The maximum Gasteiger partial charge on any atom is 0.493 e. The Bertz CT molecular complexity index is 1230. The Morgan fingerprint density at radius 3 is 2.59 bits per heavy atom. The SMILES string of the molecule is CC(C)(CN)C[N+]1(c2nonc2NOC(=O)C(F)(F)F)C=Nc2c1ccnc2-c1ccccc1. The number of fused-ring (bicyclic) bond motifs is 1. The number of halogens is 3. The van der Waals surface area contributed by atoms with Gasteiger partial charge in [-0.25, -0.2) is 9.42 Å². The van der Waals surface area contributed by atoms with Gasteiger partial charge in [-0.3, -0.25) is 4.98 Å². The molecule has 0 amide bonds. The highest BCUT2D eigenvalue weighted by Gasteiger charge is 2.49. The lowest BCUT2D eigenvalue weighted by molar-refractivity contribution is -0.196. The minimum absolute atomic E-state index is 0.0317. The third-order valence-corrected chi connectivity index (χ3v) is 5.32. The van der Waals surface area contributed by atoms with Gasteiger partial charge in [0.15, 0.2) is 11.4 Å². The summed E-state index contributed by atoms with van der Waals surface area (Å²) in [7, 11) is 0. The Labute approximate surface area is 191 Å². The van der Waals surface area contributed by atoms with Crippen molar-refractivity contribution in [2.45, 2.75) is 20.0 Å². The van der Waals surface area contributed by atoms with Crippen molar-refractivity contribution in [3.63, 3.8) is 0 Å². The summed E-state index contributed by atoms with van der Waals surface area (Å²) in [6, 6.07) is 11.1. The first-order valence-corrected chi connectivity index (χ1v) is 10.1. The van der Waals surface area contributed by atoms with Gasteiger partial charge in [-0.2, -0.15) is 28.1 Å². The number of aromatic nitrogens is 3. The van der Waals surface area contributed by atoms with E-state index in [-0.39, 0.29) is 29.2 Å². The lowest BCUT2D eigenvalue weighted by Gasteiger charge is -2.34. The highest BCUT2D eigenvalue weighted by atomic mass is 19.4. The molecule has 3 heterocycles.